The minimum Gasteiger partial charge on any atom is -0.467 e. The highest BCUT2D eigenvalue weighted by molar-refractivity contribution is 8.00. The first kappa shape index (κ1) is 20.4. The summed E-state index contributed by atoms with van der Waals surface area (Å²) < 4.78 is 9.60. The maximum atomic E-state index is 13.0. The Morgan fingerprint density at radius 1 is 1.11 bits per heavy atom. The van der Waals surface area contributed by atoms with E-state index in [2.05, 4.69) is 9.88 Å². The average Bonchev–Trinajstić information content (AvgIpc) is 3.19. The van der Waals surface area contributed by atoms with E-state index in [-0.39, 0.29) is 12.5 Å². The van der Waals surface area contributed by atoms with Crippen LogP contribution in [0.5, 0.6) is 0 Å². The molecule has 1 amide bonds. The van der Waals surface area contributed by atoms with Gasteiger partial charge in [0.15, 0.2) is 5.37 Å². The van der Waals surface area contributed by atoms with Gasteiger partial charge in [0.25, 0.3) is 0 Å². The summed E-state index contributed by atoms with van der Waals surface area (Å²) in [5.41, 5.74) is 0. The third kappa shape index (κ3) is 4.39. The van der Waals surface area contributed by atoms with Crippen molar-refractivity contribution in [3.63, 3.8) is 0 Å². The molecule has 10 heteroatoms. The van der Waals surface area contributed by atoms with Gasteiger partial charge in [0.1, 0.15) is 11.9 Å². The zero-order chi connectivity index (χ0) is 20.1. The number of carbonyl (C=O) groups is 3. The molecule has 0 unspecified atom stereocenters. The predicted octanol–water partition coefficient (Wildman–Crippen LogP) is -0.180. The molecular weight excluding hydrogens is 384 g/mol. The zero-order valence-electron chi connectivity index (χ0n) is 15.9. The van der Waals surface area contributed by atoms with Gasteiger partial charge in [-0.05, 0) is 12.1 Å². The van der Waals surface area contributed by atoms with E-state index in [4.69, 9.17) is 9.47 Å². The number of piperazine rings is 1. The fourth-order valence-electron chi connectivity index (χ4n) is 3.36. The molecule has 28 heavy (non-hydrogen) atoms. The number of pyridine rings is 1. The van der Waals surface area contributed by atoms with Crippen molar-refractivity contribution in [2.45, 2.75) is 11.4 Å². The fourth-order valence-corrected chi connectivity index (χ4v) is 4.68. The summed E-state index contributed by atoms with van der Waals surface area (Å²) in [5.74, 6) is -0.106. The molecule has 1 aromatic heterocycles. The van der Waals surface area contributed by atoms with Crippen LogP contribution in [0.4, 0.5) is 5.82 Å². The topological polar surface area (TPSA) is 92.3 Å². The van der Waals surface area contributed by atoms with E-state index in [0.717, 1.165) is 18.9 Å². The fraction of sp³-hybridized carbons (Fsp3) is 0.556. The van der Waals surface area contributed by atoms with Crippen molar-refractivity contribution in [2.24, 2.45) is 0 Å². The molecule has 2 saturated heterocycles. The number of thioether (sulfide) groups is 1. The second-order valence-corrected chi connectivity index (χ2v) is 7.61. The lowest BCUT2D eigenvalue weighted by Gasteiger charge is -2.36. The predicted molar refractivity (Wildman–Crippen MR) is 104 cm³/mol. The Hall–Kier alpha value is -2.33. The van der Waals surface area contributed by atoms with Gasteiger partial charge >= 0.3 is 11.9 Å². The van der Waals surface area contributed by atoms with Crippen molar-refractivity contribution >= 4 is 35.4 Å². The number of ether oxygens (including phenoxy) is 2. The lowest BCUT2D eigenvalue weighted by atomic mass is 10.2. The van der Waals surface area contributed by atoms with Gasteiger partial charge in [-0.2, -0.15) is 0 Å². The Kier molecular flexibility index (Phi) is 6.74. The van der Waals surface area contributed by atoms with Crippen LogP contribution in [-0.2, 0) is 23.9 Å². The van der Waals surface area contributed by atoms with Crippen molar-refractivity contribution in [3.8, 4) is 0 Å². The van der Waals surface area contributed by atoms with Gasteiger partial charge < -0.3 is 19.3 Å². The molecule has 2 atom stereocenters. The molecular formula is C18H24N4O5S. The maximum absolute atomic E-state index is 13.0. The molecule has 0 aliphatic carbocycles. The van der Waals surface area contributed by atoms with Crippen molar-refractivity contribution in [2.75, 3.05) is 57.6 Å². The van der Waals surface area contributed by atoms with Crippen LogP contribution >= 0.6 is 11.8 Å². The van der Waals surface area contributed by atoms with Gasteiger partial charge in [-0.15, -0.1) is 11.8 Å². The summed E-state index contributed by atoms with van der Waals surface area (Å²) in [6.45, 7) is 3.02. The van der Waals surface area contributed by atoms with Gasteiger partial charge in [0, 0.05) is 38.1 Å². The molecule has 1 aromatic rings. The molecule has 0 aromatic carbocycles. The van der Waals surface area contributed by atoms with Crippen LogP contribution < -0.4 is 4.90 Å². The number of hydrogen-bond acceptors (Lipinski definition) is 9. The van der Waals surface area contributed by atoms with Crippen LogP contribution in [-0.4, -0.2) is 96.7 Å². The molecule has 3 heterocycles. The van der Waals surface area contributed by atoms with Gasteiger partial charge in [0.05, 0.1) is 20.8 Å². The van der Waals surface area contributed by atoms with E-state index in [1.165, 1.54) is 30.9 Å². The maximum Gasteiger partial charge on any atom is 0.339 e. The highest BCUT2D eigenvalue weighted by Gasteiger charge is 2.46. The van der Waals surface area contributed by atoms with Crippen LogP contribution in [0.1, 0.15) is 0 Å². The molecule has 2 fully saturated rings. The van der Waals surface area contributed by atoms with Crippen LogP contribution in [0.2, 0.25) is 0 Å². The molecule has 0 N–H and O–H groups in total. The van der Waals surface area contributed by atoms with Gasteiger partial charge in [-0.25, -0.2) is 14.6 Å². The first-order chi connectivity index (χ1) is 13.5. The molecule has 2 aliphatic rings. The van der Waals surface area contributed by atoms with Gasteiger partial charge in [-0.3, -0.25) is 9.69 Å². The normalized spacial score (nSPS) is 22.8. The van der Waals surface area contributed by atoms with Crippen LogP contribution in [0.15, 0.2) is 24.4 Å². The molecule has 0 spiro atoms. The highest BCUT2D eigenvalue weighted by atomic mass is 32.2. The standard InChI is InChI=1S/C18H24N4O5S/c1-26-17(24)13-12-28-16(18(25)27-2)22(13)15(23)11-20-7-9-21(10-8-20)14-5-3-4-6-19-14/h3-6,13,16H,7-12H2,1-2H3/t13-,16-/m1/s1. The summed E-state index contributed by atoms with van der Waals surface area (Å²) in [6, 6.07) is 5.01. The van der Waals surface area contributed by atoms with E-state index in [9.17, 15) is 14.4 Å². The van der Waals surface area contributed by atoms with Crippen molar-refractivity contribution in [1.29, 1.82) is 0 Å². The summed E-state index contributed by atoms with van der Waals surface area (Å²) in [7, 11) is 2.55. The summed E-state index contributed by atoms with van der Waals surface area (Å²) in [4.78, 5) is 46.9. The number of amides is 1. The van der Waals surface area contributed by atoms with E-state index < -0.39 is 23.4 Å². The van der Waals surface area contributed by atoms with Crippen molar-refractivity contribution < 1.29 is 23.9 Å². The Labute approximate surface area is 167 Å². The Balaban J connectivity index is 1.62. The van der Waals surface area contributed by atoms with Crippen LogP contribution in [0.25, 0.3) is 0 Å². The van der Waals surface area contributed by atoms with E-state index in [1.807, 2.05) is 23.1 Å². The molecule has 9 nitrogen and oxygen atoms in total. The summed E-state index contributed by atoms with van der Waals surface area (Å²) >= 11 is 1.22. The number of esters is 2. The zero-order valence-corrected chi connectivity index (χ0v) is 16.8. The number of rotatable bonds is 5. The molecule has 0 bridgehead atoms. The monoisotopic (exact) mass is 408 g/mol. The smallest absolute Gasteiger partial charge is 0.339 e. The van der Waals surface area contributed by atoms with Gasteiger partial charge in [0.2, 0.25) is 5.91 Å². The lowest BCUT2D eigenvalue weighted by molar-refractivity contribution is -0.157. The second kappa shape index (κ2) is 9.24. The minimum absolute atomic E-state index is 0.137. The molecule has 0 radical (unpaired) electrons. The largest absolute Gasteiger partial charge is 0.467 e. The number of nitrogens with zero attached hydrogens (tertiary/aromatic N) is 4. The molecule has 3 rings (SSSR count). The second-order valence-electron chi connectivity index (χ2n) is 6.50. The Bertz CT molecular complexity index is 687. The molecule has 0 saturated carbocycles. The summed E-state index contributed by atoms with van der Waals surface area (Å²) in [6.07, 6.45) is 1.76. The molecule has 152 valence electrons. The van der Waals surface area contributed by atoms with Crippen LogP contribution in [0.3, 0.4) is 0 Å². The highest BCUT2D eigenvalue weighted by Crippen LogP contribution is 2.31. The SMILES string of the molecule is COC(=O)[C@H]1CS[C@H](C(=O)OC)N1C(=O)CN1CCN(c2ccccn2)CC1. The number of methoxy groups -OCH3 is 2. The third-order valence-corrected chi connectivity index (χ3v) is 6.11. The van der Waals surface area contributed by atoms with Gasteiger partial charge in [-0.1, -0.05) is 6.07 Å². The van der Waals surface area contributed by atoms with E-state index in [0.29, 0.717) is 18.8 Å². The van der Waals surface area contributed by atoms with Crippen LogP contribution in [0, 0.1) is 0 Å². The number of anilines is 1. The average molecular weight is 408 g/mol. The quantitative estimate of drug-likeness (QED) is 0.615. The lowest BCUT2D eigenvalue weighted by Crippen LogP contribution is -2.54. The Morgan fingerprint density at radius 3 is 2.43 bits per heavy atom. The number of aromatic nitrogens is 1. The van der Waals surface area contributed by atoms with Crippen molar-refractivity contribution in [3.05, 3.63) is 24.4 Å². The van der Waals surface area contributed by atoms with Crippen molar-refractivity contribution in [1.82, 2.24) is 14.8 Å². The number of hydrogen-bond donors (Lipinski definition) is 0. The Morgan fingerprint density at radius 2 is 1.82 bits per heavy atom. The molecule has 2 aliphatic heterocycles. The first-order valence-electron chi connectivity index (χ1n) is 9.02. The van der Waals surface area contributed by atoms with E-state index >= 15 is 0 Å². The summed E-state index contributed by atoms with van der Waals surface area (Å²) in [5, 5.41) is -0.823. The first-order valence-corrected chi connectivity index (χ1v) is 10.1. The third-order valence-electron chi connectivity index (χ3n) is 4.87. The number of carbonyl (C=O) groups excluding carboxylic acids is 3. The minimum atomic E-state index is -0.823. The van der Waals surface area contributed by atoms with E-state index in [1.54, 1.807) is 6.20 Å².